The van der Waals surface area contributed by atoms with Gasteiger partial charge in [0.15, 0.2) is 0 Å². The maximum Gasteiger partial charge on any atom is 0.0216 e. The van der Waals surface area contributed by atoms with Gasteiger partial charge in [-0.3, -0.25) is 0 Å². The molecular weight excluding hydrogens is 240 g/mol. The van der Waals surface area contributed by atoms with Gasteiger partial charge in [0.1, 0.15) is 0 Å². The molecule has 0 radical (unpaired) electrons. The van der Waals surface area contributed by atoms with E-state index in [-0.39, 0.29) is 0 Å². The van der Waals surface area contributed by atoms with E-state index >= 15 is 0 Å². The molecular formula is C15H26N2S. The van der Waals surface area contributed by atoms with Gasteiger partial charge in [0.2, 0.25) is 0 Å². The third-order valence-corrected chi connectivity index (χ3v) is 4.82. The molecule has 1 unspecified atom stereocenters. The Balaban J connectivity index is 1.69. The van der Waals surface area contributed by atoms with Crippen molar-refractivity contribution in [3.63, 3.8) is 0 Å². The molecule has 0 aliphatic carbocycles. The van der Waals surface area contributed by atoms with Gasteiger partial charge in [-0.15, -0.1) is 0 Å². The van der Waals surface area contributed by atoms with Crippen LogP contribution in [0.5, 0.6) is 0 Å². The van der Waals surface area contributed by atoms with E-state index in [1.807, 2.05) is 0 Å². The number of thiophene rings is 1. The monoisotopic (exact) mass is 266 g/mol. The molecule has 1 fully saturated rings. The van der Waals surface area contributed by atoms with Crippen molar-refractivity contribution in [3.05, 3.63) is 22.4 Å². The Morgan fingerprint density at radius 2 is 2.22 bits per heavy atom. The van der Waals surface area contributed by atoms with Crippen molar-refractivity contribution in [2.45, 2.75) is 45.7 Å². The number of piperidine rings is 1. The van der Waals surface area contributed by atoms with E-state index < -0.39 is 0 Å². The molecule has 0 aromatic carbocycles. The standard InChI is InChI=1S/C15H26N2S/c1-3-7-17-8-4-15(5-9-17)13(2)16-11-14-6-10-18-12-14/h6,10,12-13,15-16H,3-5,7-9,11H2,1-2H3. The van der Waals surface area contributed by atoms with Crippen LogP contribution in [0.15, 0.2) is 16.8 Å². The summed E-state index contributed by atoms with van der Waals surface area (Å²) < 4.78 is 0. The maximum absolute atomic E-state index is 3.69. The Kier molecular flexibility index (Phi) is 5.67. The van der Waals surface area contributed by atoms with Gasteiger partial charge in [0.25, 0.3) is 0 Å². The van der Waals surface area contributed by atoms with Crippen molar-refractivity contribution in [1.29, 1.82) is 0 Å². The lowest BCUT2D eigenvalue weighted by atomic mass is 9.90. The average Bonchev–Trinajstić information content (AvgIpc) is 2.90. The molecule has 3 heteroatoms. The van der Waals surface area contributed by atoms with Crippen molar-refractivity contribution in [3.8, 4) is 0 Å². The van der Waals surface area contributed by atoms with E-state index in [2.05, 4.69) is 40.9 Å². The van der Waals surface area contributed by atoms with Crippen LogP contribution < -0.4 is 5.32 Å². The highest BCUT2D eigenvalue weighted by Gasteiger charge is 2.22. The Hall–Kier alpha value is -0.380. The predicted octanol–water partition coefficient (Wildman–Crippen LogP) is 3.35. The second-order valence-electron chi connectivity index (χ2n) is 5.48. The minimum atomic E-state index is 0.647. The second kappa shape index (κ2) is 7.27. The van der Waals surface area contributed by atoms with Gasteiger partial charge in [-0.05, 0) is 74.1 Å². The molecule has 1 aromatic heterocycles. The van der Waals surface area contributed by atoms with Gasteiger partial charge < -0.3 is 10.2 Å². The predicted molar refractivity (Wildman–Crippen MR) is 80.1 cm³/mol. The normalized spacial score (nSPS) is 20.1. The summed E-state index contributed by atoms with van der Waals surface area (Å²) in [7, 11) is 0. The van der Waals surface area contributed by atoms with Crippen LogP contribution in [-0.4, -0.2) is 30.6 Å². The highest BCUT2D eigenvalue weighted by Crippen LogP contribution is 2.21. The SMILES string of the molecule is CCCN1CCC(C(C)NCc2ccsc2)CC1. The molecule has 2 heterocycles. The maximum atomic E-state index is 3.69. The van der Waals surface area contributed by atoms with Crippen molar-refractivity contribution in [2.24, 2.45) is 5.92 Å². The molecule has 1 saturated heterocycles. The lowest BCUT2D eigenvalue weighted by Gasteiger charge is -2.35. The second-order valence-corrected chi connectivity index (χ2v) is 6.26. The third-order valence-electron chi connectivity index (χ3n) is 4.09. The molecule has 18 heavy (non-hydrogen) atoms. The first-order chi connectivity index (χ1) is 8.79. The van der Waals surface area contributed by atoms with Crippen LogP contribution >= 0.6 is 11.3 Å². The Morgan fingerprint density at radius 3 is 2.83 bits per heavy atom. The third kappa shape index (κ3) is 4.08. The molecule has 102 valence electrons. The van der Waals surface area contributed by atoms with E-state index in [1.165, 1.54) is 44.5 Å². The number of hydrogen-bond donors (Lipinski definition) is 1. The molecule has 0 bridgehead atoms. The van der Waals surface area contributed by atoms with Crippen LogP contribution in [0.2, 0.25) is 0 Å². The zero-order valence-corrected chi connectivity index (χ0v) is 12.5. The van der Waals surface area contributed by atoms with E-state index in [0.29, 0.717) is 6.04 Å². The van der Waals surface area contributed by atoms with E-state index in [9.17, 15) is 0 Å². The van der Waals surface area contributed by atoms with E-state index in [4.69, 9.17) is 0 Å². The van der Waals surface area contributed by atoms with Crippen molar-refractivity contribution >= 4 is 11.3 Å². The Labute approximate surface area is 115 Å². The largest absolute Gasteiger partial charge is 0.310 e. The van der Waals surface area contributed by atoms with Crippen LogP contribution in [0.3, 0.4) is 0 Å². The summed E-state index contributed by atoms with van der Waals surface area (Å²) in [4.78, 5) is 2.61. The number of hydrogen-bond acceptors (Lipinski definition) is 3. The molecule has 0 amide bonds. The molecule has 1 aliphatic rings. The summed E-state index contributed by atoms with van der Waals surface area (Å²) in [5.41, 5.74) is 1.43. The van der Waals surface area contributed by atoms with Crippen molar-refractivity contribution in [1.82, 2.24) is 10.2 Å². The van der Waals surface area contributed by atoms with E-state index in [0.717, 1.165) is 12.5 Å². The van der Waals surface area contributed by atoms with Crippen molar-refractivity contribution < 1.29 is 0 Å². The Morgan fingerprint density at radius 1 is 1.44 bits per heavy atom. The molecule has 0 saturated carbocycles. The van der Waals surface area contributed by atoms with Crippen LogP contribution in [-0.2, 0) is 6.54 Å². The lowest BCUT2D eigenvalue weighted by Crippen LogP contribution is -2.41. The van der Waals surface area contributed by atoms with Crippen LogP contribution in [0.25, 0.3) is 0 Å². The molecule has 1 atom stereocenters. The summed E-state index contributed by atoms with van der Waals surface area (Å²) in [6.07, 6.45) is 4.01. The molecule has 0 spiro atoms. The number of likely N-dealkylation sites (tertiary alicyclic amines) is 1. The van der Waals surface area contributed by atoms with Gasteiger partial charge >= 0.3 is 0 Å². The number of nitrogens with zero attached hydrogens (tertiary/aromatic N) is 1. The van der Waals surface area contributed by atoms with Crippen LogP contribution in [0, 0.1) is 5.92 Å². The molecule has 2 nitrogen and oxygen atoms in total. The van der Waals surface area contributed by atoms with Gasteiger partial charge in [0, 0.05) is 12.6 Å². The first kappa shape index (κ1) is 14.0. The first-order valence-corrected chi connectivity index (χ1v) is 8.20. The van der Waals surface area contributed by atoms with Gasteiger partial charge in [-0.25, -0.2) is 0 Å². The fourth-order valence-corrected chi connectivity index (χ4v) is 3.50. The highest BCUT2D eigenvalue weighted by atomic mass is 32.1. The fourth-order valence-electron chi connectivity index (χ4n) is 2.83. The smallest absolute Gasteiger partial charge is 0.0216 e. The lowest BCUT2D eigenvalue weighted by molar-refractivity contribution is 0.162. The average molecular weight is 266 g/mol. The zero-order valence-electron chi connectivity index (χ0n) is 11.7. The fraction of sp³-hybridized carbons (Fsp3) is 0.733. The van der Waals surface area contributed by atoms with Gasteiger partial charge in [-0.2, -0.15) is 11.3 Å². The zero-order chi connectivity index (χ0) is 12.8. The minimum Gasteiger partial charge on any atom is -0.310 e. The van der Waals surface area contributed by atoms with Crippen molar-refractivity contribution in [2.75, 3.05) is 19.6 Å². The molecule has 1 aliphatic heterocycles. The van der Waals surface area contributed by atoms with Crippen LogP contribution in [0.4, 0.5) is 0 Å². The number of rotatable bonds is 6. The summed E-state index contributed by atoms with van der Waals surface area (Å²) in [6, 6.07) is 2.86. The molecule has 1 aromatic rings. The topological polar surface area (TPSA) is 15.3 Å². The first-order valence-electron chi connectivity index (χ1n) is 7.26. The Bertz CT molecular complexity index is 315. The van der Waals surface area contributed by atoms with Gasteiger partial charge in [-0.1, -0.05) is 6.92 Å². The molecule has 2 rings (SSSR count). The van der Waals surface area contributed by atoms with E-state index in [1.54, 1.807) is 11.3 Å². The summed E-state index contributed by atoms with van der Waals surface area (Å²) >= 11 is 1.79. The number of nitrogens with one attached hydrogen (secondary N) is 1. The summed E-state index contributed by atoms with van der Waals surface area (Å²) in [6.45, 7) is 9.53. The van der Waals surface area contributed by atoms with Crippen LogP contribution in [0.1, 0.15) is 38.7 Å². The molecule has 1 N–H and O–H groups in total. The highest BCUT2D eigenvalue weighted by molar-refractivity contribution is 7.07. The minimum absolute atomic E-state index is 0.647. The quantitative estimate of drug-likeness (QED) is 0.849. The van der Waals surface area contributed by atoms with Gasteiger partial charge in [0.05, 0.1) is 0 Å². The summed E-state index contributed by atoms with van der Waals surface area (Å²) in [5.74, 6) is 0.858. The summed E-state index contributed by atoms with van der Waals surface area (Å²) in [5, 5.41) is 8.09.